The number of piperazine rings is 1. The SMILES string of the molecule is COc1cccc(C(=O)N2CCN(C[C@@H](O)C3CC3)CC2)c1OC. The van der Waals surface area contributed by atoms with Crippen LogP contribution in [0.4, 0.5) is 0 Å². The van der Waals surface area contributed by atoms with Crippen molar-refractivity contribution >= 4 is 5.91 Å². The smallest absolute Gasteiger partial charge is 0.257 e. The Morgan fingerprint density at radius 2 is 1.92 bits per heavy atom. The van der Waals surface area contributed by atoms with Gasteiger partial charge in [-0.05, 0) is 30.9 Å². The van der Waals surface area contributed by atoms with E-state index in [4.69, 9.17) is 9.47 Å². The van der Waals surface area contributed by atoms with Gasteiger partial charge in [0.15, 0.2) is 11.5 Å². The second-order valence-electron chi connectivity index (χ2n) is 6.54. The minimum atomic E-state index is -0.217. The number of carbonyl (C=O) groups is 1. The summed E-state index contributed by atoms with van der Waals surface area (Å²) in [6.07, 6.45) is 2.08. The van der Waals surface area contributed by atoms with E-state index in [1.165, 1.54) is 0 Å². The van der Waals surface area contributed by atoms with E-state index in [-0.39, 0.29) is 12.0 Å². The standard InChI is InChI=1S/C18H26N2O4/c1-23-16-5-3-4-14(17(16)24-2)18(22)20-10-8-19(9-11-20)12-15(21)13-6-7-13/h3-5,13,15,21H,6-12H2,1-2H3/t15-/m1/s1. The lowest BCUT2D eigenvalue weighted by atomic mass is 10.1. The van der Waals surface area contributed by atoms with Gasteiger partial charge in [0.25, 0.3) is 5.91 Å². The van der Waals surface area contributed by atoms with Crippen molar-refractivity contribution in [2.24, 2.45) is 5.92 Å². The Balaban J connectivity index is 1.61. The van der Waals surface area contributed by atoms with Gasteiger partial charge in [-0.15, -0.1) is 0 Å². The van der Waals surface area contributed by atoms with Crippen LogP contribution in [0, 0.1) is 5.92 Å². The molecule has 1 N–H and O–H groups in total. The monoisotopic (exact) mass is 334 g/mol. The first kappa shape index (κ1) is 17.0. The second-order valence-corrected chi connectivity index (χ2v) is 6.54. The summed E-state index contributed by atoms with van der Waals surface area (Å²) >= 11 is 0. The van der Waals surface area contributed by atoms with Crippen LogP contribution >= 0.6 is 0 Å². The van der Waals surface area contributed by atoms with Crippen molar-refractivity contribution in [1.82, 2.24) is 9.80 Å². The first-order valence-corrected chi connectivity index (χ1v) is 8.54. The highest BCUT2D eigenvalue weighted by Crippen LogP contribution is 2.33. The van der Waals surface area contributed by atoms with E-state index < -0.39 is 0 Å². The van der Waals surface area contributed by atoms with Gasteiger partial charge in [-0.25, -0.2) is 0 Å². The van der Waals surface area contributed by atoms with Gasteiger partial charge >= 0.3 is 0 Å². The van der Waals surface area contributed by atoms with Gasteiger partial charge in [0.2, 0.25) is 0 Å². The number of methoxy groups -OCH3 is 2. The average molecular weight is 334 g/mol. The molecule has 6 heteroatoms. The lowest BCUT2D eigenvalue weighted by molar-refractivity contribution is 0.0486. The van der Waals surface area contributed by atoms with E-state index in [1.54, 1.807) is 32.4 Å². The van der Waals surface area contributed by atoms with Crippen LogP contribution in [0.3, 0.4) is 0 Å². The highest BCUT2D eigenvalue weighted by molar-refractivity contribution is 5.97. The van der Waals surface area contributed by atoms with Crippen LogP contribution in [0.1, 0.15) is 23.2 Å². The lowest BCUT2D eigenvalue weighted by Gasteiger charge is -2.36. The summed E-state index contributed by atoms with van der Waals surface area (Å²) in [7, 11) is 3.11. The van der Waals surface area contributed by atoms with Crippen molar-refractivity contribution in [2.45, 2.75) is 18.9 Å². The summed E-state index contributed by atoms with van der Waals surface area (Å²) in [6.45, 7) is 3.63. The topological polar surface area (TPSA) is 62.2 Å². The number of aliphatic hydroxyl groups is 1. The number of nitrogens with zero attached hydrogens (tertiary/aromatic N) is 2. The number of benzene rings is 1. The third-order valence-electron chi connectivity index (χ3n) is 4.90. The molecule has 0 radical (unpaired) electrons. The van der Waals surface area contributed by atoms with Gasteiger partial charge < -0.3 is 19.5 Å². The minimum Gasteiger partial charge on any atom is -0.493 e. The number of β-amino-alcohol motifs (C(OH)–C–C–N with tert-alkyl or cyclic N) is 1. The first-order chi connectivity index (χ1) is 11.6. The Hall–Kier alpha value is -1.79. The Kier molecular flexibility index (Phi) is 5.26. The molecule has 1 saturated carbocycles. The van der Waals surface area contributed by atoms with Crippen LogP contribution in [0.5, 0.6) is 11.5 Å². The summed E-state index contributed by atoms with van der Waals surface area (Å²) in [5.74, 6) is 1.50. The maximum absolute atomic E-state index is 12.8. The Morgan fingerprint density at radius 1 is 1.21 bits per heavy atom. The second kappa shape index (κ2) is 7.40. The molecule has 3 rings (SSSR count). The van der Waals surface area contributed by atoms with Gasteiger partial charge in [-0.1, -0.05) is 6.07 Å². The Labute approximate surface area is 143 Å². The molecule has 132 valence electrons. The van der Waals surface area contributed by atoms with Gasteiger partial charge in [0, 0.05) is 32.7 Å². The van der Waals surface area contributed by atoms with Crippen molar-refractivity contribution in [1.29, 1.82) is 0 Å². The third-order valence-corrected chi connectivity index (χ3v) is 4.90. The molecule has 1 amide bonds. The molecule has 1 heterocycles. The predicted molar refractivity (Wildman–Crippen MR) is 90.6 cm³/mol. The quantitative estimate of drug-likeness (QED) is 0.848. The molecule has 1 aromatic rings. The number of para-hydroxylation sites is 1. The molecule has 24 heavy (non-hydrogen) atoms. The molecule has 1 saturated heterocycles. The maximum atomic E-state index is 12.8. The Bertz CT molecular complexity index is 580. The molecular formula is C18H26N2O4. The maximum Gasteiger partial charge on any atom is 0.257 e. The number of hydrogen-bond donors (Lipinski definition) is 1. The van der Waals surface area contributed by atoms with E-state index in [0.717, 1.165) is 32.5 Å². The van der Waals surface area contributed by atoms with E-state index in [9.17, 15) is 9.90 Å². The molecule has 0 aromatic heterocycles. The number of rotatable bonds is 6. The van der Waals surface area contributed by atoms with Crippen LogP contribution in [0.15, 0.2) is 18.2 Å². The predicted octanol–water partition coefficient (Wildman–Crippen LogP) is 1.23. The highest BCUT2D eigenvalue weighted by Gasteiger charge is 2.32. The molecule has 1 aromatic carbocycles. The molecule has 0 unspecified atom stereocenters. The minimum absolute atomic E-state index is 0.0341. The van der Waals surface area contributed by atoms with Crippen molar-refractivity contribution < 1.29 is 19.4 Å². The molecule has 0 spiro atoms. The van der Waals surface area contributed by atoms with Crippen molar-refractivity contribution in [3.8, 4) is 11.5 Å². The summed E-state index contributed by atoms with van der Waals surface area (Å²) in [6, 6.07) is 5.36. The van der Waals surface area contributed by atoms with Crippen LogP contribution in [0.2, 0.25) is 0 Å². The fraction of sp³-hybridized carbons (Fsp3) is 0.611. The molecule has 6 nitrogen and oxygen atoms in total. The van der Waals surface area contributed by atoms with Crippen molar-refractivity contribution in [3.63, 3.8) is 0 Å². The number of hydrogen-bond acceptors (Lipinski definition) is 5. The zero-order chi connectivity index (χ0) is 17.1. The van der Waals surface area contributed by atoms with Crippen LogP contribution < -0.4 is 9.47 Å². The zero-order valence-corrected chi connectivity index (χ0v) is 14.4. The van der Waals surface area contributed by atoms with Gasteiger partial charge in [0.1, 0.15) is 0 Å². The van der Waals surface area contributed by atoms with E-state index in [1.807, 2.05) is 4.90 Å². The van der Waals surface area contributed by atoms with Crippen molar-refractivity contribution in [2.75, 3.05) is 46.9 Å². The summed E-state index contributed by atoms with van der Waals surface area (Å²) in [4.78, 5) is 16.9. The summed E-state index contributed by atoms with van der Waals surface area (Å²) in [5, 5.41) is 10.1. The number of amides is 1. The van der Waals surface area contributed by atoms with Gasteiger partial charge in [0.05, 0.1) is 25.9 Å². The molecule has 2 fully saturated rings. The van der Waals surface area contributed by atoms with Crippen LogP contribution in [0.25, 0.3) is 0 Å². The molecular weight excluding hydrogens is 308 g/mol. The molecule has 1 aliphatic carbocycles. The van der Waals surface area contributed by atoms with E-state index in [0.29, 0.717) is 36.1 Å². The number of aliphatic hydroxyl groups excluding tert-OH is 1. The van der Waals surface area contributed by atoms with Gasteiger partial charge in [-0.3, -0.25) is 9.69 Å². The number of ether oxygens (including phenoxy) is 2. The van der Waals surface area contributed by atoms with Gasteiger partial charge in [-0.2, -0.15) is 0 Å². The number of carbonyl (C=O) groups excluding carboxylic acids is 1. The normalized spacial score (nSPS) is 19.9. The highest BCUT2D eigenvalue weighted by atomic mass is 16.5. The fourth-order valence-electron chi connectivity index (χ4n) is 3.25. The van der Waals surface area contributed by atoms with Crippen molar-refractivity contribution in [3.05, 3.63) is 23.8 Å². The summed E-state index contributed by atoms with van der Waals surface area (Å²) < 4.78 is 10.6. The molecule has 0 bridgehead atoms. The summed E-state index contributed by atoms with van der Waals surface area (Å²) in [5.41, 5.74) is 0.531. The molecule has 1 atom stereocenters. The largest absolute Gasteiger partial charge is 0.493 e. The Morgan fingerprint density at radius 3 is 2.50 bits per heavy atom. The van der Waals surface area contributed by atoms with E-state index in [2.05, 4.69) is 4.90 Å². The zero-order valence-electron chi connectivity index (χ0n) is 14.4. The third kappa shape index (κ3) is 3.65. The fourth-order valence-corrected chi connectivity index (χ4v) is 3.25. The molecule has 1 aliphatic heterocycles. The molecule has 2 aliphatic rings. The lowest BCUT2D eigenvalue weighted by Crippen LogP contribution is -2.50. The first-order valence-electron chi connectivity index (χ1n) is 8.54. The van der Waals surface area contributed by atoms with E-state index >= 15 is 0 Å². The van der Waals surface area contributed by atoms with Crippen LogP contribution in [-0.4, -0.2) is 73.9 Å². The average Bonchev–Trinajstić information content (AvgIpc) is 3.46. The van der Waals surface area contributed by atoms with Crippen LogP contribution in [-0.2, 0) is 0 Å².